The highest BCUT2D eigenvalue weighted by molar-refractivity contribution is 14.0. The van der Waals surface area contributed by atoms with Crippen LogP contribution >= 0.6 is 58.7 Å². The van der Waals surface area contributed by atoms with Gasteiger partial charge in [-0.05, 0) is 26.0 Å². The molecule has 2 heterocycles. The van der Waals surface area contributed by atoms with E-state index in [0.717, 1.165) is 36.1 Å². The minimum Gasteiger partial charge on any atom is -0.355 e. The number of thiophene rings is 1. The van der Waals surface area contributed by atoms with E-state index in [2.05, 4.69) is 33.8 Å². The minimum absolute atomic E-state index is 0. The van der Waals surface area contributed by atoms with Crippen LogP contribution in [0.25, 0.3) is 0 Å². The molecule has 0 aromatic carbocycles. The summed E-state index contributed by atoms with van der Waals surface area (Å²) in [6.45, 7) is 7.04. The van der Waals surface area contributed by atoms with Crippen LogP contribution in [-0.2, 0) is 10.0 Å². The van der Waals surface area contributed by atoms with E-state index in [9.17, 15) is 8.42 Å². The van der Waals surface area contributed by atoms with Gasteiger partial charge in [-0.3, -0.25) is 4.99 Å². The molecule has 1 fully saturated rings. The monoisotopic (exact) mass is 538 g/mol. The summed E-state index contributed by atoms with van der Waals surface area (Å²) in [7, 11) is -1.76. The average Bonchev–Trinajstić information content (AvgIpc) is 2.94. The molecule has 2 rings (SSSR count). The van der Waals surface area contributed by atoms with Crippen molar-refractivity contribution in [3.63, 3.8) is 0 Å². The second kappa shape index (κ2) is 9.98. The van der Waals surface area contributed by atoms with E-state index >= 15 is 0 Å². The van der Waals surface area contributed by atoms with Gasteiger partial charge in [-0.2, -0.15) is 11.8 Å². The van der Waals surface area contributed by atoms with Crippen molar-refractivity contribution in [2.75, 3.05) is 39.0 Å². The highest BCUT2D eigenvalue weighted by Crippen LogP contribution is 2.29. The lowest BCUT2D eigenvalue weighted by Gasteiger charge is -2.39. The van der Waals surface area contributed by atoms with Gasteiger partial charge in [0.1, 0.15) is 4.21 Å². The van der Waals surface area contributed by atoms with Crippen molar-refractivity contribution < 1.29 is 8.42 Å². The fourth-order valence-electron chi connectivity index (χ4n) is 2.40. The van der Waals surface area contributed by atoms with Crippen molar-refractivity contribution in [3.05, 3.63) is 16.5 Å². The van der Waals surface area contributed by atoms with Crippen LogP contribution in [-0.4, -0.2) is 63.0 Å². The van der Waals surface area contributed by atoms with Gasteiger partial charge in [0.2, 0.25) is 10.0 Å². The van der Waals surface area contributed by atoms with Crippen LogP contribution < -0.4 is 10.0 Å². The van der Waals surface area contributed by atoms with Gasteiger partial charge in [0.15, 0.2) is 5.96 Å². The van der Waals surface area contributed by atoms with Crippen LogP contribution in [0.1, 0.15) is 13.8 Å². The van der Waals surface area contributed by atoms with Gasteiger partial charge in [-0.1, -0.05) is 11.6 Å². The van der Waals surface area contributed by atoms with E-state index in [1.54, 1.807) is 13.1 Å². The molecule has 144 valence electrons. The first-order valence-corrected chi connectivity index (χ1v) is 11.2. The van der Waals surface area contributed by atoms with Gasteiger partial charge in [-0.15, -0.1) is 35.3 Å². The van der Waals surface area contributed by atoms with E-state index in [0.29, 0.717) is 10.9 Å². The quantitative estimate of drug-likeness (QED) is 0.261. The molecule has 11 heteroatoms. The summed E-state index contributed by atoms with van der Waals surface area (Å²) in [5.41, 5.74) is 0. The number of sulfonamides is 1. The van der Waals surface area contributed by atoms with Crippen LogP contribution in [0.3, 0.4) is 0 Å². The number of nitrogens with zero attached hydrogens (tertiary/aromatic N) is 2. The third-order valence-electron chi connectivity index (χ3n) is 3.45. The molecule has 1 aromatic heterocycles. The number of thioether (sulfide) groups is 1. The fraction of sp³-hybridized carbons (Fsp3) is 0.643. The molecule has 1 aliphatic rings. The second-order valence-electron chi connectivity index (χ2n) is 5.96. The highest BCUT2D eigenvalue weighted by Gasteiger charge is 2.28. The van der Waals surface area contributed by atoms with Gasteiger partial charge in [0.25, 0.3) is 0 Å². The van der Waals surface area contributed by atoms with Crippen LogP contribution in [0.5, 0.6) is 0 Å². The van der Waals surface area contributed by atoms with Gasteiger partial charge < -0.3 is 10.2 Å². The standard InChI is InChI=1S/C14H23ClN4O2S3.HI/c1-14(2)10-19(8-9-22-14)13(16-3)17-6-7-18-24(20,21)12-5-4-11(15)23-12;/h4-5,18H,6-10H2,1-3H3,(H,16,17);1H. The molecule has 6 nitrogen and oxygen atoms in total. The SMILES string of the molecule is CN=C(NCCNS(=O)(=O)c1ccc(Cl)s1)N1CCSC(C)(C)C1.I. The molecule has 0 unspecified atom stereocenters. The predicted molar refractivity (Wildman–Crippen MR) is 119 cm³/mol. The number of rotatable bonds is 5. The Labute approximate surface area is 180 Å². The van der Waals surface area contributed by atoms with E-state index in [1.807, 2.05) is 11.8 Å². The molecule has 0 aliphatic carbocycles. The minimum atomic E-state index is -3.50. The summed E-state index contributed by atoms with van der Waals surface area (Å²) >= 11 is 8.79. The second-order valence-corrected chi connectivity index (χ2v) is 11.5. The van der Waals surface area contributed by atoms with Gasteiger partial charge in [-0.25, -0.2) is 13.1 Å². The van der Waals surface area contributed by atoms with Gasteiger partial charge in [0, 0.05) is 43.7 Å². The van der Waals surface area contributed by atoms with Crippen LogP contribution in [0, 0.1) is 0 Å². The Kier molecular flexibility index (Phi) is 9.29. The summed E-state index contributed by atoms with van der Waals surface area (Å²) in [6.07, 6.45) is 0. The van der Waals surface area contributed by atoms with E-state index in [-0.39, 0.29) is 39.5 Å². The van der Waals surface area contributed by atoms with Crippen molar-refractivity contribution in [3.8, 4) is 0 Å². The Morgan fingerprint density at radius 1 is 1.40 bits per heavy atom. The molecular weight excluding hydrogens is 515 g/mol. The predicted octanol–water partition coefficient (Wildman–Crippen LogP) is 2.70. The van der Waals surface area contributed by atoms with Crippen LogP contribution in [0.15, 0.2) is 21.3 Å². The molecule has 0 radical (unpaired) electrons. The first kappa shape index (κ1) is 23.3. The average molecular weight is 539 g/mol. The number of aliphatic imine (C=N–C) groups is 1. The molecule has 0 atom stereocenters. The van der Waals surface area contributed by atoms with Crippen molar-refractivity contribution in [2.24, 2.45) is 4.99 Å². The summed E-state index contributed by atoms with van der Waals surface area (Å²) in [6, 6.07) is 3.09. The number of hydrogen-bond donors (Lipinski definition) is 2. The molecule has 0 amide bonds. The molecule has 1 aromatic rings. The Hall–Kier alpha value is 0.250. The van der Waals surface area contributed by atoms with E-state index in [1.165, 1.54) is 6.07 Å². The zero-order chi connectivity index (χ0) is 17.8. The lowest BCUT2D eigenvalue weighted by Crippen LogP contribution is -2.51. The first-order chi connectivity index (χ1) is 11.2. The smallest absolute Gasteiger partial charge is 0.250 e. The molecule has 25 heavy (non-hydrogen) atoms. The number of hydrogen-bond acceptors (Lipinski definition) is 5. The summed E-state index contributed by atoms with van der Waals surface area (Å²) in [4.78, 5) is 6.51. The maximum absolute atomic E-state index is 12.1. The number of halogens is 2. The molecule has 2 N–H and O–H groups in total. The lowest BCUT2D eigenvalue weighted by atomic mass is 10.2. The maximum Gasteiger partial charge on any atom is 0.250 e. The van der Waals surface area contributed by atoms with Crippen molar-refractivity contribution in [1.29, 1.82) is 0 Å². The van der Waals surface area contributed by atoms with Gasteiger partial charge >= 0.3 is 0 Å². The summed E-state index contributed by atoms with van der Waals surface area (Å²) in [5.74, 6) is 1.86. The third kappa shape index (κ3) is 7.06. The Morgan fingerprint density at radius 2 is 2.12 bits per heavy atom. The fourth-order valence-corrected chi connectivity index (χ4v) is 6.07. The molecular formula is C14H24ClIN4O2S3. The normalized spacial score (nSPS) is 17.9. The van der Waals surface area contributed by atoms with Gasteiger partial charge in [0.05, 0.1) is 4.34 Å². The topological polar surface area (TPSA) is 73.8 Å². The molecule has 1 saturated heterocycles. The third-order valence-corrected chi connectivity index (χ3v) is 7.93. The highest BCUT2D eigenvalue weighted by atomic mass is 127. The van der Waals surface area contributed by atoms with Crippen molar-refractivity contribution >= 4 is 74.7 Å². The lowest BCUT2D eigenvalue weighted by molar-refractivity contribution is 0.376. The zero-order valence-corrected chi connectivity index (χ0v) is 19.9. The molecule has 0 saturated carbocycles. The van der Waals surface area contributed by atoms with E-state index < -0.39 is 10.0 Å². The maximum atomic E-state index is 12.1. The van der Waals surface area contributed by atoms with Crippen LogP contribution in [0.4, 0.5) is 0 Å². The Bertz CT molecular complexity index is 694. The zero-order valence-electron chi connectivity index (χ0n) is 14.4. The largest absolute Gasteiger partial charge is 0.355 e. The number of guanidine groups is 1. The number of nitrogens with one attached hydrogen (secondary N) is 2. The first-order valence-electron chi connectivity index (χ1n) is 7.58. The van der Waals surface area contributed by atoms with E-state index in [4.69, 9.17) is 11.6 Å². The molecule has 0 bridgehead atoms. The summed E-state index contributed by atoms with van der Waals surface area (Å²) in [5, 5.41) is 3.22. The molecule has 1 aliphatic heterocycles. The Balaban J connectivity index is 0.00000312. The molecule has 0 spiro atoms. The van der Waals surface area contributed by atoms with Crippen LogP contribution in [0.2, 0.25) is 4.34 Å². The van der Waals surface area contributed by atoms with Crippen molar-refractivity contribution in [1.82, 2.24) is 14.9 Å². The Morgan fingerprint density at radius 3 is 2.68 bits per heavy atom. The van der Waals surface area contributed by atoms with Crippen molar-refractivity contribution in [2.45, 2.75) is 22.8 Å². The summed E-state index contributed by atoms with van der Waals surface area (Å²) < 4.78 is 27.7.